The predicted molar refractivity (Wildman–Crippen MR) is 120 cm³/mol. The van der Waals surface area contributed by atoms with Crippen LogP contribution in [0.15, 0.2) is 42.6 Å². The summed E-state index contributed by atoms with van der Waals surface area (Å²) in [6, 6.07) is 10.5. The van der Waals surface area contributed by atoms with Gasteiger partial charge in [0.1, 0.15) is 18.1 Å². The molecule has 0 aliphatic carbocycles. The van der Waals surface area contributed by atoms with Gasteiger partial charge < -0.3 is 30.8 Å². The number of anilines is 1. The summed E-state index contributed by atoms with van der Waals surface area (Å²) in [6.07, 6.45) is 2.95. The summed E-state index contributed by atoms with van der Waals surface area (Å²) in [5.74, 6) is 0.428. The third-order valence-electron chi connectivity index (χ3n) is 5.12. The minimum Gasteiger partial charge on any atom is -0.495 e. The van der Waals surface area contributed by atoms with Gasteiger partial charge in [0, 0.05) is 37.6 Å². The summed E-state index contributed by atoms with van der Waals surface area (Å²) in [6.45, 7) is 0.244. The van der Waals surface area contributed by atoms with Gasteiger partial charge in [0.2, 0.25) is 5.91 Å². The Morgan fingerprint density at radius 3 is 2.61 bits per heavy atom. The highest BCUT2D eigenvalue weighted by Crippen LogP contribution is 2.31. The second kappa shape index (κ2) is 9.34. The van der Waals surface area contributed by atoms with Crippen LogP contribution in [0, 0.1) is 11.3 Å². The van der Waals surface area contributed by atoms with E-state index in [2.05, 4.69) is 5.32 Å². The zero-order valence-corrected chi connectivity index (χ0v) is 17.8. The molecule has 0 radical (unpaired) electrons. The van der Waals surface area contributed by atoms with Crippen LogP contribution >= 0.6 is 0 Å². The van der Waals surface area contributed by atoms with Gasteiger partial charge >= 0.3 is 0 Å². The summed E-state index contributed by atoms with van der Waals surface area (Å²) >= 11 is 0. The van der Waals surface area contributed by atoms with Crippen LogP contribution in [0.3, 0.4) is 0 Å². The zero-order valence-electron chi connectivity index (χ0n) is 17.8. The number of nitrogens with zero attached hydrogens (tertiary/aromatic N) is 1. The van der Waals surface area contributed by atoms with E-state index in [1.807, 2.05) is 0 Å². The Bertz CT molecular complexity index is 1050. The number of hydrogen-bond acceptors (Lipinski definition) is 6. The molecule has 0 saturated heterocycles. The molecule has 162 valence electrons. The minimum atomic E-state index is -0.414. The summed E-state index contributed by atoms with van der Waals surface area (Å²) < 4.78 is 11.2. The molecule has 8 nitrogen and oxygen atoms in total. The molecule has 1 heterocycles. The van der Waals surface area contributed by atoms with Crippen molar-refractivity contribution in [2.75, 3.05) is 33.1 Å². The molecule has 1 atom stereocenters. The average molecular weight is 422 g/mol. The van der Waals surface area contributed by atoms with Crippen LogP contribution in [0.5, 0.6) is 11.5 Å². The Balaban J connectivity index is 1.77. The monoisotopic (exact) mass is 422 g/mol. The van der Waals surface area contributed by atoms with Gasteiger partial charge in [-0.2, -0.15) is 0 Å². The second-order valence-electron chi connectivity index (χ2n) is 7.40. The first kappa shape index (κ1) is 21.9. The van der Waals surface area contributed by atoms with Gasteiger partial charge in [0.25, 0.3) is 5.91 Å². The van der Waals surface area contributed by atoms with E-state index in [1.165, 1.54) is 18.2 Å². The van der Waals surface area contributed by atoms with Gasteiger partial charge in [-0.3, -0.25) is 9.59 Å². The Morgan fingerprint density at radius 2 is 1.97 bits per heavy atom. The molecular weight excluding hydrogens is 396 g/mol. The molecule has 0 fully saturated rings. The van der Waals surface area contributed by atoms with E-state index in [1.54, 1.807) is 50.5 Å². The number of carbonyl (C=O) groups is 2. The summed E-state index contributed by atoms with van der Waals surface area (Å²) in [5.41, 5.74) is 8.69. The molecule has 2 amide bonds. The largest absolute Gasteiger partial charge is 0.495 e. The van der Waals surface area contributed by atoms with E-state index in [0.29, 0.717) is 40.3 Å². The number of ether oxygens (including phenoxy) is 2. The Labute approximate surface area is 181 Å². The number of nitrogens with one attached hydrogen (secondary N) is 2. The van der Waals surface area contributed by atoms with Crippen LogP contribution in [0.2, 0.25) is 0 Å². The number of benzene rings is 2. The maximum absolute atomic E-state index is 12.9. The van der Waals surface area contributed by atoms with Crippen molar-refractivity contribution in [1.82, 2.24) is 4.90 Å². The van der Waals surface area contributed by atoms with Gasteiger partial charge in [0.05, 0.1) is 18.7 Å². The molecule has 2 aromatic carbocycles. The quantitative estimate of drug-likeness (QED) is 0.619. The molecule has 0 spiro atoms. The highest BCUT2D eigenvalue weighted by molar-refractivity contribution is 6.08. The predicted octanol–water partition coefficient (Wildman–Crippen LogP) is 2.54. The van der Waals surface area contributed by atoms with Crippen LogP contribution in [0.4, 0.5) is 5.69 Å². The SMILES string of the molecule is COc1cc(/C(C=N)=C/N)ccc1NC(=O)C1COc2ccc(C(=O)N(C)C)cc2C1. The van der Waals surface area contributed by atoms with Crippen molar-refractivity contribution in [3.63, 3.8) is 0 Å². The van der Waals surface area contributed by atoms with Crippen molar-refractivity contribution in [2.45, 2.75) is 6.42 Å². The summed E-state index contributed by atoms with van der Waals surface area (Å²) in [7, 11) is 4.90. The number of amides is 2. The van der Waals surface area contributed by atoms with Gasteiger partial charge in [-0.25, -0.2) is 0 Å². The molecule has 4 N–H and O–H groups in total. The van der Waals surface area contributed by atoms with Gasteiger partial charge in [-0.05, 0) is 47.9 Å². The highest BCUT2D eigenvalue weighted by atomic mass is 16.5. The third kappa shape index (κ3) is 4.69. The molecule has 0 bridgehead atoms. The Kier molecular flexibility index (Phi) is 6.59. The van der Waals surface area contributed by atoms with E-state index >= 15 is 0 Å². The van der Waals surface area contributed by atoms with Gasteiger partial charge in [0.15, 0.2) is 0 Å². The van der Waals surface area contributed by atoms with Crippen molar-refractivity contribution < 1.29 is 19.1 Å². The number of fused-ring (bicyclic) bond motifs is 1. The molecular formula is C23H26N4O4. The van der Waals surface area contributed by atoms with Crippen LogP contribution in [0.25, 0.3) is 5.57 Å². The molecule has 1 aliphatic rings. The Morgan fingerprint density at radius 1 is 1.23 bits per heavy atom. The first-order chi connectivity index (χ1) is 14.9. The maximum Gasteiger partial charge on any atom is 0.253 e. The summed E-state index contributed by atoms with van der Waals surface area (Å²) in [4.78, 5) is 26.7. The fourth-order valence-corrected chi connectivity index (χ4v) is 3.39. The number of rotatable bonds is 6. The van der Waals surface area contributed by atoms with Crippen LogP contribution in [0.1, 0.15) is 21.5 Å². The molecule has 1 aliphatic heterocycles. The van der Waals surface area contributed by atoms with Crippen molar-refractivity contribution in [3.8, 4) is 11.5 Å². The van der Waals surface area contributed by atoms with Gasteiger partial charge in [-0.15, -0.1) is 0 Å². The minimum absolute atomic E-state index is 0.102. The van der Waals surface area contributed by atoms with Crippen LogP contribution < -0.4 is 20.5 Å². The second-order valence-corrected chi connectivity index (χ2v) is 7.40. The maximum atomic E-state index is 12.9. The van der Waals surface area contributed by atoms with Crippen LogP contribution in [-0.4, -0.2) is 50.7 Å². The van der Waals surface area contributed by atoms with E-state index < -0.39 is 5.92 Å². The van der Waals surface area contributed by atoms with Crippen molar-refractivity contribution >= 4 is 29.3 Å². The number of nitrogens with two attached hydrogens (primary N) is 1. The standard InChI is InChI=1S/C23H26N4O4/c1-27(2)23(29)15-5-7-20-16(8-15)9-17(13-31-20)22(28)26-19-6-4-14(10-21(19)30-3)18(11-24)12-25/h4-8,10-12,17,24H,9,13,25H2,1-3H3,(H,26,28)/b18-12+,24-11?. The molecule has 1 unspecified atom stereocenters. The Hall–Kier alpha value is -3.81. The smallest absolute Gasteiger partial charge is 0.253 e. The van der Waals surface area contributed by atoms with Crippen LogP contribution in [-0.2, 0) is 11.2 Å². The highest BCUT2D eigenvalue weighted by Gasteiger charge is 2.27. The summed E-state index contributed by atoms with van der Waals surface area (Å²) in [5, 5.41) is 10.3. The fraction of sp³-hybridized carbons (Fsp3) is 0.261. The number of methoxy groups -OCH3 is 1. The number of carbonyl (C=O) groups excluding carboxylic acids is 2. The number of hydrogen-bond donors (Lipinski definition) is 3. The van der Waals surface area contributed by atoms with Crippen molar-refractivity contribution in [3.05, 3.63) is 59.3 Å². The lowest BCUT2D eigenvalue weighted by Gasteiger charge is -2.25. The van der Waals surface area contributed by atoms with Gasteiger partial charge in [-0.1, -0.05) is 6.07 Å². The third-order valence-corrected chi connectivity index (χ3v) is 5.12. The van der Waals surface area contributed by atoms with Crippen molar-refractivity contribution in [1.29, 1.82) is 5.41 Å². The lowest BCUT2D eigenvalue weighted by atomic mass is 9.94. The topological polar surface area (TPSA) is 118 Å². The lowest BCUT2D eigenvalue weighted by Crippen LogP contribution is -2.33. The molecule has 3 rings (SSSR count). The first-order valence-electron chi connectivity index (χ1n) is 9.77. The lowest BCUT2D eigenvalue weighted by molar-refractivity contribution is -0.121. The fourth-order valence-electron chi connectivity index (χ4n) is 3.39. The van der Waals surface area contributed by atoms with E-state index in [0.717, 1.165) is 11.8 Å². The van der Waals surface area contributed by atoms with Crippen molar-refractivity contribution in [2.24, 2.45) is 11.7 Å². The van der Waals surface area contributed by atoms with E-state index in [-0.39, 0.29) is 18.4 Å². The first-order valence-corrected chi connectivity index (χ1v) is 9.77. The molecule has 31 heavy (non-hydrogen) atoms. The average Bonchev–Trinajstić information content (AvgIpc) is 2.79. The molecule has 0 aromatic heterocycles. The zero-order chi connectivity index (χ0) is 22.5. The normalized spacial score (nSPS) is 15.3. The molecule has 2 aromatic rings. The molecule has 0 saturated carbocycles. The number of allylic oxidation sites excluding steroid dienone is 1. The molecule has 8 heteroatoms. The van der Waals surface area contributed by atoms with E-state index in [9.17, 15) is 9.59 Å². The van der Waals surface area contributed by atoms with E-state index in [4.69, 9.17) is 20.6 Å².